The lowest BCUT2D eigenvalue weighted by atomic mass is 10.0. The van der Waals surface area contributed by atoms with E-state index >= 15 is 0 Å². The molecule has 0 saturated carbocycles. The first-order chi connectivity index (χ1) is 13.5. The molecule has 5 heteroatoms. The lowest BCUT2D eigenvalue weighted by Gasteiger charge is -2.07. The van der Waals surface area contributed by atoms with E-state index in [1.807, 2.05) is 37.3 Å². The maximum atomic E-state index is 11.5. The number of aliphatic carboxylic acids is 2. The Morgan fingerprint density at radius 1 is 0.964 bits per heavy atom. The highest BCUT2D eigenvalue weighted by atomic mass is 16.5. The summed E-state index contributed by atoms with van der Waals surface area (Å²) in [7, 11) is 0. The van der Waals surface area contributed by atoms with Gasteiger partial charge in [0.15, 0.2) is 0 Å². The van der Waals surface area contributed by atoms with E-state index in [-0.39, 0.29) is 11.1 Å². The highest BCUT2D eigenvalue weighted by molar-refractivity contribution is 5.98. The maximum Gasteiger partial charge on any atom is 0.335 e. The number of unbranched alkanes of at least 4 members (excludes halogenated alkanes) is 1. The zero-order valence-electron chi connectivity index (χ0n) is 15.8. The van der Waals surface area contributed by atoms with Crippen LogP contribution in [0.3, 0.4) is 0 Å². The Bertz CT molecular complexity index is 848. The van der Waals surface area contributed by atoms with Crippen LogP contribution in [-0.2, 0) is 16.2 Å². The number of rotatable bonds is 10. The normalized spacial score (nSPS) is 11.9. The number of hydrogen-bond donors (Lipinski definition) is 2. The van der Waals surface area contributed by atoms with Gasteiger partial charge in [0.2, 0.25) is 0 Å². The number of benzene rings is 2. The Morgan fingerprint density at radius 2 is 1.64 bits per heavy atom. The summed E-state index contributed by atoms with van der Waals surface area (Å²) >= 11 is 0. The van der Waals surface area contributed by atoms with Gasteiger partial charge in [-0.25, -0.2) is 9.59 Å². The van der Waals surface area contributed by atoms with E-state index in [0.717, 1.165) is 12.0 Å². The van der Waals surface area contributed by atoms with Crippen molar-refractivity contribution in [2.24, 2.45) is 0 Å². The first-order valence-electron chi connectivity index (χ1n) is 9.15. The largest absolute Gasteiger partial charge is 0.489 e. The molecule has 0 unspecified atom stereocenters. The molecule has 0 radical (unpaired) electrons. The van der Waals surface area contributed by atoms with E-state index < -0.39 is 11.9 Å². The molecule has 2 aromatic carbocycles. The lowest BCUT2D eigenvalue weighted by molar-refractivity contribution is -0.133. The topological polar surface area (TPSA) is 83.8 Å². The molecule has 2 aromatic rings. The van der Waals surface area contributed by atoms with Gasteiger partial charge in [0, 0.05) is 5.57 Å². The highest BCUT2D eigenvalue weighted by Gasteiger charge is 2.12. The molecule has 28 heavy (non-hydrogen) atoms. The second-order valence-electron chi connectivity index (χ2n) is 6.33. The molecule has 0 bridgehead atoms. The molecule has 0 spiro atoms. The number of hydrogen-bond acceptors (Lipinski definition) is 3. The predicted octanol–water partition coefficient (Wildman–Crippen LogP) is 4.93. The predicted molar refractivity (Wildman–Crippen MR) is 108 cm³/mol. The van der Waals surface area contributed by atoms with E-state index in [2.05, 4.69) is 0 Å². The average molecular weight is 380 g/mol. The average Bonchev–Trinajstić information content (AvgIpc) is 2.70. The summed E-state index contributed by atoms with van der Waals surface area (Å²) in [6.45, 7) is 2.40. The summed E-state index contributed by atoms with van der Waals surface area (Å²) in [6.07, 6.45) is 4.56. The van der Waals surface area contributed by atoms with Crippen LogP contribution in [-0.4, -0.2) is 22.2 Å². The third-order valence-electron chi connectivity index (χ3n) is 4.10. The number of carbonyl (C=O) groups is 2. The van der Waals surface area contributed by atoms with Gasteiger partial charge >= 0.3 is 11.9 Å². The molecular weight excluding hydrogens is 356 g/mol. The van der Waals surface area contributed by atoms with Crippen molar-refractivity contribution in [3.63, 3.8) is 0 Å². The fraction of sp³-hybridized carbons (Fsp3) is 0.217. The molecule has 0 heterocycles. The third kappa shape index (κ3) is 6.76. The van der Waals surface area contributed by atoms with Crippen molar-refractivity contribution in [3.8, 4) is 5.75 Å². The summed E-state index contributed by atoms with van der Waals surface area (Å²) in [5, 5.41) is 18.7. The number of carboxylic acids is 2. The van der Waals surface area contributed by atoms with Gasteiger partial charge in [-0.05, 0) is 48.3 Å². The smallest absolute Gasteiger partial charge is 0.335 e. The fourth-order valence-electron chi connectivity index (χ4n) is 2.54. The molecule has 0 aliphatic carbocycles. The second kappa shape index (κ2) is 10.7. The van der Waals surface area contributed by atoms with Crippen LogP contribution in [0.1, 0.15) is 37.3 Å². The van der Waals surface area contributed by atoms with Crippen molar-refractivity contribution in [1.29, 1.82) is 0 Å². The molecule has 0 saturated heterocycles. The van der Waals surface area contributed by atoms with Crippen molar-refractivity contribution in [2.45, 2.75) is 32.8 Å². The van der Waals surface area contributed by atoms with Crippen LogP contribution < -0.4 is 4.74 Å². The molecule has 2 rings (SSSR count). The summed E-state index contributed by atoms with van der Waals surface area (Å²) in [5.41, 5.74) is 1.74. The van der Waals surface area contributed by atoms with Gasteiger partial charge < -0.3 is 14.9 Å². The van der Waals surface area contributed by atoms with Crippen LogP contribution in [0.4, 0.5) is 0 Å². The molecule has 5 nitrogen and oxygen atoms in total. The van der Waals surface area contributed by atoms with Gasteiger partial charge in [-0.15, -0.1) is 0 Å². The molecule has 2 N–H and O–H groups in total. The third-order valence-corrected chi connectivity index (χ3v) is 4.10. The molecule has 0 aliphatic heterocycles. The Morgan fingerprint density at radius 3 is 2.21 bits per heavy atom. The monoisotopic (exact) mass is 380 g/mol. The quantitative estimate of drug-likeness (QED) is 0.451. The van der Waals surface area contributed by atoms with E-state index in [4.69, 9.17) is 4.74 Å². The molecule has 0 atom stereocenters. The van der Waals surface area contributed by atoms with Gasteiger partial charge in [-0.2, -0.15) is 0 Å². The van der Waals surface area contributed by atoms with Gasteiger partial charge in [-0.3, -0.25) is 0 Å². The molecule has 0 fully saturated rings. The van der Waals surface area contributed by atoms with Gasteiger partial charge in [0.25, 0.3) is 0 Å². The minimum atomic E-state index is -1.17. The van der Waals surface area contributed by atoms with E-state index in [0.29, 0.717) is 30.8 Å². The minimum Gasteiger partial charge on any atom is -0.489 e. The van der Waals surface area contributed by atoms with Crippen molar-refractivity contribution < 1.29 is 24.5 Å². The molecule has 0 aliphatic rings. The summed E-state index contributed by atoms with van der Waals surface area (Å²) in [6, 6.07) is 16.8. The van der Waals surface area contributed by atoms with Crippen LogP contribution in [0, 0.1) is 0 Å². The first-order valence-corrected chi connectivity index (χ1v) is 9.15. The fourth-order valence-corrected chi connectivity index (χ4v) is 2.54. The minimum absolute atomic E-state index is 0.0635. The van der Waals surface area contributed by atoms with Crippen LogP contribution in [0.5, 0.6) is 5.75 Å². The SMILES string of the molecule is CCCCC(=CC(=Cc1ccc(OCc2ccccc2)cc1)C(=O)O)C(=O)O. The van der Waals surface area contributed by atoms with Crippen LogP contribution in [0.2, 0.25) is 0 Å². The number of carboxylic acid groups (broad SMARTS) is 2. The van der Waals surface area contributed by atoms with Crippen LogP contribution in [0.15, 0.2) is 71.8 Å². The summed E-state index contributed by atoms with van der Waals surface area (Å²) in [5.74, 6) is -1.59. The van der Waals surface area contributed by atoms with Gasteiger partial charge in [-0.1, -0.05) is 55.8 Å². The van der Waals surface area contributed by atoms with E-state index in [9.17, 15) is 19.8 Å². The maximum absolute atomic E-state index is 11.5. The van der Waals surface area contributed by atoms with Crippen molar-refractivity contribution in [2.75, 3.05) is 0 Å². The van der Waals surface area contributed by atoms with E-state index in [1.165, 1.54) is 12.2 Å². The Kier molecular flexibility index (Phi) is 8.03. The van der Waals surface area contributed by atoms with Crippen molar-refractivity contribution in [3.05, 3.63) is 82.9 Å². The molecule has 146 valence electrons. The number of ether oxygens (including phenoxy) is 1. The van der Waals surface area contributed by atoms with E-state index in [1.54, 1.807) is 24.3 Å². The van der Waals surface area contributed by atoms with Gasteiger partial charge in [0.1, 0.15) is 12.4 Å². The van der Waals surface area contributed by atoms with Crippen molar-refractivity contribution >= 4 is 18.0 Å². The zero-order chi connectivity index (χ0) is 20.4. The molecular formula is C23H24O5. The molecule has 0 amide bonds. The highest BCUT2D eigenvalue weighted by Crippen LogP contribution is 2.18. The lowest BCUT2D eigenvalue weighted by Crippen LogP contribution is -2.05. The Labute approximate surface area is 164 Å². The zero-order valence-corrected chi connectivity index (χ0v) is 15.8. The summed E-state index contributed by atoms with van der Waals surface area (Å²) < 4.78 is 5.71. The second-order valence-corrected chi connectivity index (χ2v) is 6.33. The molecule has 0 aromatic heterocycles. The van der Waals surface area contributed by atoms with Crippen LogP contribution >= 0.6 is 0 Å². The van der Waals surface area contributed by atoms with Crippen LogP contribution in [0.25, 0.3) is 6.08 Å². The standard InChI is InChI=1S/C23H24O5/c1-2-3-9-19(22(24)25)15-20(23(26)27)14-17-10-12-21(13-11-17)28-16-18-7-5-4-6-8-18/h4-8,10-15H,2-3,9,16H2,1H3,(H,24,25)(H,26,27). The Balaban J connectivity index is 2.13. The van der Waals surface area contributed by atoms with Gasteiger partial charge in [0.05, 0.1) is 5.57 Å². The first kappa shape index (κ1) is 21.0. The summed E-state index contributed by atoms with van der Waals surface area (Å²) in [4.78, 5) is 22.9. The Hall–Kier alpha value is -3.34. The van der Waals surface area contributed by atoms with Crippen molar-refractivity contribution in [1.82, 2.24) is 0 Å².